The molecular formula is C19H22F3N3O3S. The minimum atomic E-state index is -4.88. The van der Waals surface area contributed by atoms with E-state index < -0.39 is 32.8 Å². The van der Waals surface area contributed by atoms with Crippen molar-refractivity contribution in [1.29, 1.82) is 0 Å². The second kappa shape index (κ2) is 8.31. The number of hydrogen-bond donors (Lipinski definition) is 3. The number of hydrogen-bond acceptors (Lipinski definition) is 5. The van der Waals surface area contributed by atoms with Crippen LogP contribution in [0.25, 0.3) is 0 Å². The van der Waals surface area contributed by atoms with Crippen molar-refractivity contribution in [2.45, 2.75) is 30.1 Å². The van der Waals surface area contributed by atoms with E-state index in [1.165, 1.54) is 17.2 Å². The first-order valence-corrected chi connectivity index (χ1v) is 10.5. The van der Waals surface area contributed by atoms with Crippen molar-refractivity contribution in [1.82, 2.24) is 4.90 Å². The van der Waals surface area contributed by atoms with E-state index in [-0.39, 0.29) is 12.2 Å². The van der Waals surface area contributed by atoms with Crippen molar-refractivity contribution < 1.29 is 26.7 Å². The number of benzene rings is 2. The fourth-order valence-corrected chi connectivity index (χ4v) is 4.16. The average Bonchev–Trinajstić information content (AvgIpc) is 2.64. The van der Waals surface area contributed by atoms with Crippen molar-refractivity contribution in [3.63, 3.8) is 0 Å². The van der Waals surface area contributed by atoms with Crippen LogP contribution in [0.2, 0.25) is 0 Å². The third-order valence-electron chi connectivity index (χ3n) is 4.81. The minimum absolute atomic E-state index is 0.0180. The molecule has 0 aliphatic carbocycles. The maximum Gasteiger partial charge on any atom is 0.417 e. The third kappa shape index (κ3) is 5.47. The summed E-state index contributed by atoms with van der Waals surface area (Å²) >= 11 is 0. The van der Waals surface area contributed by atoms with Gasteiger partial charge in [-0.1, -0.05) is 24.3 Å². The summed E-state index contributed by atoms with van der Waals surface area (Å²) < 4.78 is 62.3. The number of aliphatic hydroxyl groups is 1. The number of aliphatic hydroxyl groups excluding tert-OH is 1. The number of halogens is 3. The molecule has 1 aliphatic heterocycles. The predicted octanol–water partition coefficient (Wildman–Crippen LogP) is 2.18. The highest BCUT2D eigenvalue weighted by molar-refractivity contribution is 7.89. The van der Waals surface area contributed by atoms with Crippen LogP contribution < -0.4 is 10.5 Å². The highest BCUT2D eigenvalue weighted by Gasteiger charge is 2.36. The molecule has 0 saturated heterocycles. The fourth-order valence-electron chi connectivity index (χ4n) is 3.42. The Hall–Kier alpha value is -2.14. The number of anilines is 1. The third-order valence-corrected chi connectivity index (χ3v) is 5.78. The van der Waals surface area contributed by atoms with Gasteiger partial charge < -0.3 is 10.4 Å². The van der Waals surface area contributed by atoms with Crippen molar-refractivity contribution >= 4 is 15.7 Å². The van der Waals surface area contributed by atoms with E-state index in [1.54, 1.807) is 0 Å². The van der Waals surface area contributed by atoms with Gasteiger partial charge in [0.1, 0.15) is 0 Å². The van der Waals surface area contributed by atoms with Gasteiger partial charge in [0.2, 0.25) is 10.0 Å². The Morgan fingerprint density at radius 2 is 1.86 bits per heavy atom. The molecule has 158 valence electrons. The summed E-state index contributed by atoms with van der Waals surface area (Å²) in [4.78, 5) is 1.10. The smallest absolute Gasteiger partial charge is 0.390 e. The Balaban J connectivity index is 1.62. The van der Waals surface area contributed by atoms with Crippen LogP contribution >= 0.6 is 0 Å². The first-order chi connectivity index (χ1) is 13.5. The number of nitrogens with zero attached hydrogens (tertiary/aromatic N) is 1. The Kier molecular flexibility index (Phi) is 6.18. The summed E-state index contributed by atoms with van der Waals surface area (Å²) in [5, 5.41) is 17.9. The van der Waals surface area contributed by atoms with Crippen LogP contribution in [-0.2, 0) is 29.2 Å². The van der Waals surface area contributed by atoms with Gasteiger partial charge in [0.15, 0.2) is 0 Å². The van der Waals surface area contributed by atoms with Crippen LogP contribution in [0.4, 0.5) is 18.9 Å². The van der Waals surface area contributed by atoms with Gasteiger partial charge in [-0.05, 0) is 35.7 Å². The Bertz CT molecular complexity index is 980. The minimum Gasteiger partial charge on any atom is -0.390 e. The second-order valence-corrected chi connectivity index (χ2v) is 8.57. The molecule has 0 aromatic heterocycles. The van der Waals surface area contributed by atoms with Crippen molar-refractivity contribution in [2.24, 2.45) is 5.14 Å². The molecule has 0 spiro atoms. The lowest BCUT2D eigenvalue weighted by Crippen LogP contribution is -2.39. The van der Waals surface area contributed by atoms with Crippen LogP contribution in [0.3, 0.4) is 0 Å². The van der Waals surface area contributed by atoms with Gasteiger partial charge >= 0.3 is 6.18 Å². The molecule has 1 heterocycles. The van der Waals surface area contributed by atoms with Crippen molar-refractivity contribution in [3.8, 4) is 0 Å². The molecule has 3 rings (SSSR count). The molecule has 4 N–H and O–H groups in total. The summed E-state index contributed by atoms with van der Waals surface area (Å²) in [6.45, 7) is 1.87. The van der Waals surface area contributed by atoms with E-state index in [1.807, 2.05) is 18.2 Å². The maximum absolute atomic E-state index is 13.2. The molecule has 0 saturated carbocycles. The van der Waals surface area contributed by atoms with Gasteiger partial charge in [-0.25, -0.2) is 13.6 Å². The van der Waals surface area contributed by atoms with E-state index in [0.29, 0.717) is 19.2 Å². The maximum atomic E-state index is 13.2. The second-order valence-electron chi connectivity index (χ2n) is 7.04. The first-order valence-electron chi connectivity index (χ1n) is 8.99. The van der Waals surface area contributed by atoms with Crippen molar-refractivity contribution in [2.75, 3.05) is 25.0 Å². The zero-order valence-electron chi connectivity index (χ0n) is 15.5. The molecular weight excluding hydrogens is 407 g/mol. The van der Waals surface area contributed by atoms with Crippen molar-refractivity contribution in [3.05, 3.63) is 59.2 Å². The quantitative estimate of drug-likeness (QED) is 0.654. The summed E-state index contributed by atoms with van der Waals surface area (Å²) in [6.07, 6.45) is -4.81. The Morgan fingerprint density at radius 1 is 1.17 bits per heavy atom. The molecule has 0 bridgehead atoms. The molecule has 0 fully saturated rings. The number of rotatable bonds is 6. The Morgan fingerprint density at radius 3 is 2.52 bits per heavy atom. The average molecular weight is 429 g/mol. The largest absolute Gasteiger partial charge is 0.417 e. The number of fused-ring (bicyclic) bond motifs is 1. The van der Waals surface area contributed by atoms with Crippen LogP contribution in [0, 0.1) is 0 Å². The number of β-amino-alcohol motifs (C(OH)–C–C–N with tert-alkyl or cyclic N) is 1. The molecule has 1 unspecified atom stereocenters. The lowest BCUT2D eigenvalue weighted by Gasteiger charge is -2.30. The molecule has 1 atom stereocenters. The van der Waals surface area contributed by atoms with Crippen LogP contribution in [0.1, 0.15) is 16.7 Å². The van der Waals surface area contributed by atoms with E-state index in [2.05, 4.69) is 16.3 Å². The van der Waals surface area contributed by atoms with E-state index in [0.717, 1.165) is 19.0 Å². The predicted molar refractivity (Wildman–Crippen MR) is 103 cm³/mol. The zero-order chi connectivity index (χ0) is 21.2. The topological polar surface area (TPSA) is 95.7 Å². The monoisotopic (exact) mass is 429 g/mol. The SMILES string of the molecule is NS(=O)(=O)c1ccc(NCC(O)CN2CCc3ccccc3C2)cc1C(F)(F)F. The molecule has 2 aromatic rings. The molecule has 0 amide bonds. The van der Waals surface area contributed by atoms with E-state index in [9.17, 15) is 26.7 Å². The molecule has 6 nitrogen and oxygen atoms in total. The number of alkyl halides is 3. The first kappa shape index (κ1) is 21.6. The molecule has 29 heavy (non-hydrogen) atoms. The van der Waals surface area contributed by atoms with Gasteiger partial charge in [0.05, 0.1) is 16.6 Å². The lowest BCUT2D eigenvalue weighted by molar-refractivity contribution is -0.139. The Labute approximate surface area is 167 Å². The normalized spacial score (nSPS) is 16.3. The number of sulfonamides is 1. The van der Waals surface area contributed by atoms with Gasteiger partial charge in [0, 0.05) is 31.9 Å². The van der Waals surface area contributed by atoms with Gasteiger partial charge in [-0.2, -0.15) is 13.2 Å². The van der Waals surface area contributed by atoms with Crippen LogP contribution in [-0.4, -0.2) is 44.2 Å². The zero-order valence-corrected chi connectivity index (χ0v) is 16.3. The number of nitrogens with one attached hydrogen (secondary N) is 1. The summed E-state index contributed by atoms with van der Waals surface area (Å²) in [5.41, 5.74) is 1.19. The standard InChI is InChI=1S/C19H22F3N3O3S/c20-19(21,22)17-9-15(5-6-18(17)29(23,27)28)24-10-16(26)12-25-8-7-13-3-1-2-4-14(13)11-25/h1-6,9,16,24,26H,7-8,10-12H2,(H2,23,27,28). The number of primary sulfonamides is 1. The van der Waals surface area contributed by atoms with E-state index >= 15 is 0 Å². The summed E-state index contributed by atoms with van der Waals surface area (Å²) in [6, 6.07) is 10.8. The lowest BCUT2D eigenvalue weighted by atomic mass is 10.00. The summed E-state index contributed by atoms with van der Waals surface area (Å²) in [7, 11) is -4.51. The summed E-state index contributed by atoms with van der Waals surface area (Å²) in [5.74, 6) is 0. The highest BCUT2D eigenvalue weighted by atomic mass is 32.2. The number of nitrogens with two attached hydrogens (primary N) is 1. The van der Waals surface area contributed by atoms with Gasteiger partial charge in [0.25, 0.3) is 0 Å². The van der Waals surface area contributed by atoms with Gasteiger partial charge in [-0.3, -0.25) is 4.90 Å². The molecule has 0 radical (unpaired) electrons. The van der Waals surface area contributed by atoms with Crippen LogP contribution in [0.15, 0.2) is 47.4 Å². The van der Waals surface area contributed by atoms with Gasteiger partial charge in [-0.15, -0.1) is 0 Å². The highest BCUT2D eigenvalue weighted by Crippen LogP contribution is 2.35. The molecule has 1 aliphatic rings. The molecule has 10 heteroatoms. The fraction of sp³-hybridized carbons (Fsp3) is 0.368. The van der Waals surface area contributed by atoms with Crippen LogP contribution in [0.5, 0.6) is 0 Å². The molecule has 2 aromatic carbocycles. The van der Waals surface area contributed by atoms with E-state index in [4.69, 9.17) is 5.14 Å².